The van der Waals surface area contributed by atoms with E-state index in [9.17, 15) is 0 Å². The summed E-state index contributed by atoms with van der Waals surface area (Å²) in [6.45, 7) is 4.95. The maximum absolute atomic E-state index is 9.12. The van der Waals surface area contributed by atoms with E-state index in [4.69, 9.17) is 5.11 Å². The average Bonchev–Trinajstić information content (AvgIpc) is 2.15. The van der Waals surface area contributed by atoms with Crippen LogP contribution in [-0.4, -0.2) is 35.7 Å². The second-order valence-electron chi connectivity index (χ2n) is 3.72. The van der Waals surface area contributed by atoms with Crippen molar-refractivity contribution >= 4 is 0 Å². The average molecular weight is 171 g/mol. The molecule has 2 nitrogen and oxygen atoms in total. The Bertz CT molecular complexity index is 116. The largest absolute Gasteiger partial charge is 0.395 e. The minimum atomic E-state index is 0.351. The number of aliphatic hydroxyl groups is 1. The summed E-state index contributed by atoms with van der Waals surface area (Å²) in [4.78, 5) is 2.45. The minimum absolute atomic E-state index is 0.351. The SMILES string of the molecule is CCCCN1CCCCC1CO. The van der Waals surface area contributed by atoms with Gasteiger partial charge in [-0.15, -0.1) is 0 Å². The van der Waals surface area contributed by atoms with Gasteiger partial charge in [0.1, 0.15) is 0 Å². The highest BCUT2D eigenvalue weighted by molar-refractivity contribution is 4.75. The van der Waals surface area contributed by atoms with Gasteiger partial charge in [0, 0.05) is 6.04 Å². The Hall–Kier alpha value is -0.0800. The summed E-state index contributed by atoms with van der Waals surface area (Å²) in [5, 5.41) is 9.12. The van der Waals surface area contributed by atoms with Crippen molar-refractivity contribution in [2.45, 2.75) is 45.1 Å². The first kappa shape index (κ1) is 10.0. The molecule has 72 valence electrons. The zero-order chi connectivity index (χ0) is 8.81. The summed E-state index contributed by atoms with van der Waals surface area (Å²) in [5.74, 6) is 0. The number of piperidine rings is 1. The molecule has 1 rings (SSSR count). The van der Waals surface area contributed by atoms with E-state index in [0.29, 0.717) is 12.6 Å². The second-order valence-corrected chi connectivity index (χ2v) is 3.72. The van der Waals surface area contributed by atoms with E-state index in [0.717, 1.165) is 0 Å². The molecule has 0 saturated carbocycles. The fraction of sp³-hybridized carbons (Fsp3) is 1.00. The molecule has 0 amide bonds. The van der Waals surface area contributed by atoms with Crippen LogP contribution in [0.4, 0.5) is 0 Å². The van der Waals surface area contributed by atoms with Crippen LogP contribution < -0.4 is 0 Å². The summed E-state index contributed by atoms with van der Waals surface area (Å²) in [6, 6.07) is 0.463. The summed E-state index contributed by atoms with van der Waals surface area (Å²) >= 11 is 0. The van der Waals surface area contributed by atoms with Gasteiger partial charge >= 0.3 is 0 Å². The smallest absolute Gasteiger partial charge is 0.0586 e. The molecule has 0 aromatic heterocycles. The van der Waals surface area contributed by atoms with Crippen molar-refractivity contribution in [1.82, 2.24) is 4.90 Å². The fourth-order valence-corrected chi connectivity index (χ4v) is 1.92. The van der Waals surface area contributed by atoms with Gasteiger partial charge in [0.2, 0.25) is 0 Å². The molecule has 0 aromatic rings. The van der Waals surface area contributed by atoms with Crippen LogP contribution in [-0.2, 0) is 0 Å². The first-order valence-corrected chi connectivity index (χ1v) is 5.23. The third-order valence-corrected chi connectivity index (χ3v) is 2.76. The van der Waals surface area contributed by atoms with Crippen molar-refractivity contribution in [3.63, 3.8) is 0 Å². The summed E-state index contributed by atoms with van der Waals surface area (Å²) in [5.41, 5.74) is 0. The fourth-order valence-electron chi connectivity index (χ4n) is 1.92. The summed E-state index contributed by atoms with van der Waals surface area (Å²) in [6.07, 6.45) is 6.35. The van der Waals surface area contributed by atoms with Crippen LogP contribution in [0.15, 0.2) is 0 Å². The van der Waals surface area contributed by atoms with Crippen molar-refractivity contribution in [3.05, 3.63) is 0 Å². The lowest BCUT2D eigenvalue weighted by molar-refractivity contribution is 0.0891. The molecule has 1 atom stereocenters. The molecular formula is C10H21NO. The molecule has 0 aliphatic carbocycles. The number of unbranched alkanes of at least 4 members (excludes halogenated alkanes) is 1. The molecule has 1 N–H and O–H groups in total. The van der Waals surface area contributed by atoms with Crippen LogP contribution in [0.25, 0.3) is 0 Å². The Kier molecular flexibility index (Phi) is 4.62. The molecule has 0 radical (unpaired) electrons. The number of aliphatic hydroxyl groups excluding tert-OH is 1. The lowest BCUT2D eigenvalue weighted by atomic mass is 10.0. The van der Waals surface area contributed by atoms with Crippen LogP contribution in [0.2, 0.25) is 0 Å². The van der Waals surface area contributed by atoms with Gasteiger partial charge < -0.3 is 5.11 Å². The van der Waals surface area contributed by atoms with Crippen molar-refractivity contribution in [1.29, 1.82) is 0 Å². The molecule has 2 heteroatoms. The number of nitrogens with zero attached hydrogens (tertiary/aromatic N) is 1. The van der Waals surface area contributed by atoms with Gasteiger partial charge in [-0.25, -0.2) is 0 Å². The quantitative estimate of drug-likeness (QED) is 0.695. The Morgan fingerprint density at radius 3 is 2.92 bits per heavy atom. The monoisotopic (exact) mass is 171 g/mol. The van der Waals surface area contributed by atoms with Crippen LogP contribution >= 0.6 is 0 Å². The molecule has 1 heterocycles. The van der Waals surface area contributed by atoms with Gasteiger partial charge in [-0.1, -0.05) is 19.8 Å². The van der Waals surface area contributed by atoms with Crippen molar-refractivity contribution in [2.75, 3.05) is 19.7 Å². The standard InChI is InChI=1S/C10H21NO/c1-2-3-7-11-8-5-4-6-10(11)9-12/h10,12H,2-9H2,1H3. The van der Waals surface area contributed by atoms with E-state index >= 15 is 0 Å². The van der Waals surface area contributed by atoms with Crippen molar-refractivity contribution < 1.29 is 5.11 Å². The van der Waals surface area contributed by atoms with E-state index in [1.165, 1.54) is 45.2 Å². The van der Waals surface area contributed by atoms with Gasteiger partial charge in [0.15, 0.2) is 0 Å². The van der Waals surface area contributed by atoms with Crippen LogP contribution in [0, 0.1) is 0 Å². The van der Waals surface area contributed by atoms with E-state index in [1.807, 2.05) is 0 Å². The number of hydrogen-bond acceptors (Lipinski definition) is 2. The molecular weight excluding hydrogens is 150 g/mol. The molecule has 1 fully saturated rings. The number of likely N-dealkylation sites (tertiary alicyclic amines) is 1. The topological polar surface area (TPSA) is 23.5 Å². The van der Waals surface area contributed by atoms with Crippen molar-refractivity contribution in [2.24, 2.45) is 0 Å². The first-order valence-electron chi connectivity index (χ1n) is 5.23. The second kappa shape index (κ2) is 5.55. The minimum Gasteiger partial charge on any atom is -0.395 e. The van der Waals surface area contributed by atoms with Crippen LogP contribution in [0.3, 0.4) is 0 Å². The van der Waals surface area contributed by atoms with E-state index in [1.54, 1.807) is 0 Å². The summed E-state index contributed by atoms with van der Waals surface area (Å²) < 4.78 is 0. The van der Waals surface area contributed by atoms with Gasteiger partial charge in [-0.05, 0) is 32.4 Å². The number of rotatable bonds is 4. The highest BCUT2D eigenvalue weighted by Crippen LogP contribution is 2.16. The predicted molar refractivity (Wildman–Crippen MR) is 51.2 cm³/mol. The predicted octanol–water partition coefficient (Wildman–Crippen LogP) is 1.63. The number of hydrogen-bond donors (Lipinski definition) is 1. The lowest BCUT2D eigenvalue weighted by Gasteiger charge is -2.34. The maximum atomic E-state index is 9.12. The molecule has 0 bridgehead atoms. The zero-order valence-electron chi connectivity index (χ0n) is 8.13. The first-order chi connectivity index (χ1) is 5.88. The normalized spacial score (nSPS) is 26.0. The van der Waals surface area contributed by atoms with E-state index in [2.05, 4.69) is 11.8 Å². The highest BCUT2D eigenvalue weighted by atomic mass is 16.3. The Morgan fingerprint density at radius 2 is 2.25 bits per heavy atom. The molecule has 1 aliphatic heterocycles. The van der Waals surface area contributed by atoms with Crippen molar-refractivity contribution in [3.8, 4) is 0 Å². The van der Waals surface area contributed by atoms with E-state index < -0.39 is 0 Å². The van der Waals surface area contributed by atoms with Gasteiger partial charge in [-0.2, -0.15) is 0 Å². The van der Waals surface area contributed by atoms with Gasteiger partial charge in [0.25, 0.3) is 0 Å². The molecule has 1 aliphatic rings. The van der Waals surface area contributed by atoms with Crippen LogP contribution in [0.1, 0.15) is 39.0 Å². The molecule has 0 aromatic carbocycles. The lowest BCUT2D eigenvalue weighted by Crippen LogP contribution is -2.42. The van der Waals surface area contributed by atoms with Gasteiger partial charge in [-0.3, -0.25) is 4.90 Å². The summed E-state index contributed by atoms with van der Waals surface area (Å²) in [7, 11) is 0. The molecule has 1 saturated heterocycles. The van der Waals surface area contributed by atoms with E-state index in [-0.39, 0.29) is 0 Å². The molecule has 12 heavy (non-hydrogen) atoms. The Labute approximate surface area is 75.6 Å². The highest BCUT2D eigenvalue weighted by Gasteiger charge is 2.20. The maximum Gasteiger partial charge on any atom is 0.0586 e. The Morgan fingerprint density at radius 1 is 1.42 bits per heavy atom. The zero-order valence-corrected chi connectivity index (χ0v) is 8.13. The molecule has 0 spiro atoms. The van der Waals surface area contributed by atoms with Crippen LogP contribution in [0.5, 0.6) is 0 Å². The molecule has 1 unspecified atom stereocenters. The third-order valence-electron chi connectivity index (χ3n) is 2.76. The van der Waals surface area contributed by atoms with Gasteiger partial charge in [0.05, 0.1) is 6.61 Å². The Balaban J connectivity index is 2.26. The third kappa shape index (κ3) is 2.76.